The minimum Gasteiger partial charge on any atom is -0.315 e. The van der Waals surface area contributed by atoms with Gasteiger partial charge in [0.25, 0.3) is 0 Å². The van der Waals surface area contributed by atoms with Crippen molar-refractivity contribution in [3.63, 3.8) is 0 Å². The van der Waals surface area contributed by atoms with Gasteiger partial charge in [-0.2, -0.15) is 5.10 Å². The van der Waals surface area contributed by atoms with E-state index in [9.17, 15) is 0 Å². The molecule has 4 nitrogen and oxygen atoms in total. The van der Waals surface area contributed by atoms with E-state index in [1.165, 1.54) is 18.7 Å². The molecule has 0 radical (unpaired) electrons. The highest BCUT2D eigenvalue weighted by atomic mass is 15.3. The molecule has 1 aromatic heterocycles. The van der Waals surface area contributed by atoms with Gasteiger partial charge in [0.1, 0.15) is 0 Å². The molecule has 2 heterocycles. The molecule has 84 valence electrons. The average Bonchev–Trinajstić information content (AvgIpc) is 2.44. The van der Waals surface area contributed by atoms with Crippen molar-refractivity contribution in [2.45, 2.75) is 19.9 Å². The van der Waals surface area contributed by atoms with E-state index in [0.717, 1.165) is 31.9 Å². The van der Waals surface area contributed by atoms with E-state index in [2.05, 4.69) is 21.4 Å². The monoisotopic (exact) mass is 208 g/mol. The van der Waals surface area contributed by atoms with Crippen LogP contribution in [0.3, 0.4) is 0 Å². The Morgan fingerprint density at radius 2 is 2.27 bits per heavy atom. The fraction of sp³-hybridized carbons (Fsp3) is 0.727. The van der Waals surface area contributed by atoms with Gasteiger partial charge in [-0.3, -0.25) is 9.58 Å². The molecule has 0 aliphatic carbocycles. The number of nitrogens with zero attached hydrogens (tertiary/aromatic N) is 3. The van der Waals surface area contributed by atoms with Crippen molar-refractivity contribution < 1.29 is 0 Å². The largest absolute Gasteiger partial charge is 0.315 e. The maximum Gasteiger partial charge on any atom is 0.0597 e. The highest BCUT2D eigenvalue weighted by Gasteiger charge is 2.11. The summed E-state index contributed by atoms with van der Waals surface area (Å²) in [6, 6.07) is 2.18. The molecule has 2 rings (SSSR count). The predicted molar refractivity (Wildman–Crippen MR) is 60.7 cm³/mol. The molecule has 1 aliphatic heterocycles. The number of aromatic nitrogens is 2. The first-order valence-corrected chi connectivity index (χ1v) is 5.68. The third-order valence-corrected chi connectivity index (χ3v) is 2.92. The van der Waals surface area contributed by atoms with Crippen LogP contribution in [0.4, 0.5) is 0 Å². The van der Waals surface area contributed by atoms with E-state index in [-0.39, 0.29) is 0 Å². The molecule has 4 heteroatoms. The second kappa shape index (κ2) is 4.77. The molecule has 0 spiro atoms. The molecule has 0 amide bonds. The zero-order valence-electron chi connectivity index (χ0n) is 9.66. The van der Waals surface area contributed by atoms with Crippen molar-refractivity contribution in [3.8, 4) is 0 Å². The summed E-state index contributed by atoms with van der Waals surface area (Å²) in [6.45, 7) is 7.67. The summed E-state index contributed by atoms with van der Waals surface area (Å²) in [5, 5.41) is 7.79. The molecule has 1 aromatic rings. The number of hydrogen-bond donors (Lipinski definition) is 1. The van der Waals surface area contributed by atoms with Crippen LogP contribution in [-0.2, 0) is 13.6 Å². The summed E-state index contributed by atoms with van der Waals surface area (Å²) in [5.74, 6) is 0. The molecule has 0 unspecified atom stereocenters. The lowest BCUT2D eigenvalue weighted by Crippen LogP contribution is -2.28. The first-order chi connectivity index (χ1) is 7.25. The SMILES string of the molecule is Cc1cc(CN2CCCNCC2)n(C)n1. The molecule has 1 N–H and O–H groups in total. The Hall–Kier alpha value is -0.870. The Morgan fingerprint density at radius 3 is 3.00 bits per heavy atom. The summed E-state index contributed by atoms with van der Waals surface area (Å²) in [4.78, 5) is 2.50. The maximum atomic E-state index is 4.37. The summed E-state index contributed by atoms with van der Waals surface area (Å²) in [5.41, 5.74) is 2.43. The van der Waals surface area contributed by atoms with E-state index >= 15 is 0 Å². The third kappa shape index (κ3) is 2.79. The highest BCUT2D eigenvalue weighted by Crippen LogP contribution is 2.07. The van der Waals surface area contributed by atoms with Crippen LogP contribution in [0.2, 0.25) is 0 Å². The fourth-order valence-electron chi connectivity index (χ4n) is 2.10. The lowest BCUT2D eigenvalue weighted by molar-refractivity contribution is 0.276. The zero-order valence-corrected chi connectivity index (χ0v) is 9.66. The topological polar surface area (TPSA) is 33.1 Å². The minimum absolute atomic E-state index is 1.03. The van der Waals surface area contributed by atoms with Crippen molar-refractivity contribution in [1.82, 2.24) is 20.0 Å². The van der Waals surface area contributed by atoms with Crippen LogP contribution in [0.1, 0.15) is 17.8 Å². The van der Waals surface area contributed by atoms with Gasteiger partial charge in [0.2, 0.25) is 0 Å². The van der Waals surface area contributed by atoms with E-state index in [0.29, 0.717) is 0 Å². The molecule has 1 aliphatic rings. The Kier molecular flexibility index (Phi) is 3.38. The molecule has 0 atom stereocenters. The number of nitrogens with one attached hydrogen (secondary N) is 1. The van der Waals surface area contributed by atoms with Gasteiger partial charge in [0, 0.05) is 26.7 Å². The molecule has 0 aromatic carbocycles. The van der Waals surface area contributed by atoms with Gasteiger partial charge >= 0.3 is 0 Å². The summed E-state index contributed by atoms with van der Waals surface area (Å²) in [7, 11) is 2.03. The first-order valence-electron chi connectivity index (χ1n) is 5.68. The molecule has 15 heavy (non-hydrogen) atoms. The zero-order chi connectivity index (χ0) is 10.7. The summed E-state index contributed by atoms with van der Waals surface area (Å²) < 4.78 is 1.99. The van der Waals surface area contributed by atoms with Crippen molar-refractivity contribution in [2.75, 3.05) is 26.2 Å². The first kappa shape index (κ1) is 10.6. The van der Waals surface area contributed by atoms with Gasteiger partial charge in [0.15, 0.2) is 0 Å². The van der Waals surface area contributed by atoms with Crippen LogP contribution in [0, 0.1) is 6.92 Å². The van der Waals surface area contributed by atoms with Crippen LogP contribution in [0.5, 0.6) is 0 Å². The fourth-order valence-corrected chi connectivity index (χ4v) is 2.10. The van der Waals surface area contributed by atoms with Crippen molar-refractivity contribution in [1.29, 1.82) is 0 Å². The highest BCUT2D eigenvalue weighted by molar-refractivity contribution is 5.08. The van der Waals surface area contributed by atoms with E-state index < -0.39 is 0 Å². The molecule has 1 fully saturated rings. The van der Waals surface area contributed by atoms with Crippen molar-refractivity contribution in [3.05, 3.63) is 17.5 Å². The Bertz CT molecular complexity index is 310. The lowest BCUT2D eigenvalue weighted by atomic mass is 10.3. The molecular formula is C11H20N4. The molecular weight excluding hydrogens is 188 g/mol. The lowest BCUT2D eigenvalue weighted by Gasteiger charge is -2.18. The van der Waals surface area contributed by atoms with Gasteiger partial charge < -0.3 is 5.32 Å². The van der Waals surface area contributed by atoms with E-state index in [1.54, 1.807) is 0 Å². The van der Waals surface area contributed by atoms with Crippen LogP contribution >= 0.6 is 0 Å². The van der Waals surface area contributed by atoms with Crippen LogP contribution in [0.15, 0.2) is 6.07 Å². The number of rotatable bonds is 2. The Morgan fingerprint density at radius 1 is 1.40 bits per heavy atom. The molecule has 0 bridgehead atoms. The van der Waals surface area contributed by atoms with Crippen molar-refractivity contribution in [2.24, 2.45) is 7.05 Å². The maximum absolute atomic E-state index is 4.37. The number of aryl methyl sites for hydroxylation is 2. The van der Waals surface area contributed by atoms with Crippen LogP contribution in [0.25, 0.3) is 0 Å². The third-order valence-electron chi connectivity index (χ3n) is 2.92. The number of hydrogen-bond acceptors (Lipinski definition) is 3. The Balaban J connectivity index is 1.97. The second-order valence-electron chi connectivity index (χ2n) is 4.28. The predicted octanol–water partition coefficient (Wildman–Crippen LogP) is 0.524. The molecule has 1 saturated heterocycles. The van der Waals surface area contributed by atoms with Gasteiger partial charge in [0.05, 0.1) is 11.4 Å². The quantitative estimate of drug-likeness (QED) is 0.769. The van der Waals surface area contributed by atoms with Gasteiger partial charge in [-0.25, -0.2) is 0 Å². The van der Waals surface area contributed by atoms with Gasteiger partial charge in [-0.05, 0) is 32.5 Å². The van der Waals surface area contributed by atoms with Crippen LogP contribution in [-0.4, -0.2) is 40.9 Å². The van der Waals surface area contributed by atoms with Gasteiger partial charge in [-0.1, -0.05) is 0 Å². The normalized spacial score (nSPS) is 19.1. The second-order valence-corrected chi connectivity index (χ2v) is 4.28. The average molecular weight is 208 g/mol. The minimum atomic E-state index is 1.03. The summed E-state index contributed by atoms with van der Waals surface area (Å²) >= 11 is 0. The van der Waals surface area contributed by atoms with Crippen LogP contribution < -0.4 is 5.32 Å². The smallest absolute Gasteiger partial charge is 0.0597 e. The molecule has 0 saturated carbocycles. The summed E-state index contributed by atoms with van der Waals surface area (Å²) in [6.07, 6.45) is 1.25. The standard InChI is InChI=1S/C11H20N4/c1-10-8-11(14(2)13-10)9-15-6-3-4-12-5-7-15/h8,12H,3-7,9H2,1-2H3. The Labute approximate surface area is 91.3 Å². The van der Waals surface area contributed by atoms with Gasteiger partial charge in [-0.15, -0.1) is 0 Å². The van der Waals surface area contributed by atoms with E-state index in [4.69, 9.17) is 0 Å². The van der Waals surface area contributed by atoms with Crippen molar-refractivity contribution >= 4 is 0 Å². The van der Waals surface area contributed by atoms with E-state index in [1.807, 2.05) is 18.7 Å².